The van der Waals surface area contributed by atoms with Crippen LogP contribution in [0.5, 0.6) is 5.75 Å². The Balaban J connectivity index is 2.15. The summed E-state index contributed by atoms with van der Waals surface area (Å²) in [4.78, 5) is 11.9. The molecular formula is C19H18ClN3O5S2. The van der Waals surface area contributed by atoms with Gasteiger partial charge in [0.2, 0.25) is 10.0 Å². The molecule has 1 heterocycles. The number of carbonyl (C=O) groups excluding carboxylic acids is 1. The van der Waals surface area contributed by atoms with Gasteiger partial charge in [0.15, 0.2) is 0 Å². The standard InChI is InChI=1S/C19H18ClN3O5S2/c1-28-16-7-4-12(8-15(16)20)18-14(10-29-17(18)9-23(25)19(21)24)11-2-5-13(6-3-11)30(22,26)27/h2-8,10,25H,9H2,1H3,(H2,21,24)(H2,22,26,27). The van der Waals surface area contributed by atoms with Crippen molar-refractivity contribution in [2.45, 2.75) is 11.4 Å². The Morgan fingerprint density at radius 3 is 2.37 bits per heavy atom. The van der Waals surface area contributed by atoms with Crippen molar-refractivity contribution in [2.75, 3.05) is 7.11 Å². The zero-order valence-electron chi connectivity index (χ0n) is 15.7. The number of sulfonamides is 1. The zero-order chi connectivity index (χ0) is 22.1. The fourth-order valence-electron chi connectivity index (χ4n) is 2.90. The number of ether oxygens (including phenoxy) is 1. The number of benzene rings is 2. The molecule has 0 saturated heterocycles. The summed E-state index contributed by atoms with van der Waals surface area (Å²) in [7, 11) is -2.31. The number of thiophene rings is 1. The molecule has 11 heteroatoms. The van der Waals surface area contributed by atoms with E-state index in [1.165, 1.54) is 30.6 Å². The number of halogens is 1. The van der Waals surface area contributed by atoms with E-state index in [2.05, 4.69) is 0 Å². The Morgan fingerprint density at radius 2 is 1.83 bits per heavy atom. The lowest BCUT2D eigenvalue weighted by Crippen LogP contribution is -2.31. The van der Waals surface area contributed by atoms with E-state index in [-0.39, 0.29) is 11.4 Å². The van der Waals surface area contributed by atoms with Crippen LogP contribution in [-0.4, -0.2) is 31.8 Å². The molecule has 0 aliphatic heterocycles. The lowest BCUT2D eigenvalue weighted by molar-refractivity contribution is -0.0461. The molecule has 0 aliphatic carbocycles. The van der Waals surface area contributed by atoms with Crippen LogP contribution in [0.2, 0.25) is 5.02 Å². The topological polar surface area (TPSA) is 136 Å². The molecule has 0 fully saturated rings. The summed E-state index contributed by atoms with van der Waals surface area (Å²) in [6, 6.07) is 10.3. The van der Waals surface area contributed by atoms with Crippen LogP contribution in [0.1, 0.15) is 4.88 Å². The highest BCUT2D eigenvalue weighted by Gasteiger charge is 2.20. The van der Waals surface area contributed by atoms with Crippen molar-refractivity contribution in [2.24, 2.45) is 10.9 Å². The number of nitrogens with zero attached hydrogens (tertiary/aromatic N) is 1. The molecule has 158 valence electrons. The second kappa shape index (κ2) is 8.62. The second-order valence-electron chi connectivity index (χ2n) is 6.26. The highest BCUT2D eigenvalue weighted by Crippen LogP contribution is 2.42. The summed E-state index contributed by atoms with van der Waals surface area (Å²) in [5, 5.41) is 17.6. The van der Waals surface area contributed by atoms with Crippen LogP contribution < -0.4 is 15.6 Å². The van der Waals surface area contributed by atoms with Crippen molar-refractivity contribution < 1.29 is 23.2 Å². The van der Waals surface area contributed by atoms with Crippen molar-refractivity contribution >= 4 is 39.0 Å². The normalized spacial score (nSPS) is 11.3. The molecule has 3 aromatic rings. The molecule has 2 amide bonds. The summed E-state index contributed by atoms with van der Waals surface area (Å²) >= 11 is 7.60. The van der Waals surface area contributed by atoms with Gasteiger partial charge < -0.3 is 10.5 Å². The maximum atomic E-state index is 11.5. The number of hydroxylamine groups is 2. The Morgan fingerprint density at radius 1 is 1.20 bits per heavy atom. The average Bonchev–Trinajstić information content (AvgIpc) is 3.10. The van der Waals surface area contributed by atoms with Crippen molar-refractivity contribution in [1.82, 2.24) is 5.06 Å². The summed E-state index contributed by atoms with van der Waals surface area (Å²) in [5.74, 6) is 0.497. The van der Waals surface area contributed by atoms with Gasteiger partial charge in [-0.25, -0.2) is 23.4 Å². The van der Waals surface area contributed by atoms with Crippen LogP contribution in [0.15, 0.2) is 52.7 Å². The summed E-state index contributed by atoms with van der Waals surface area (Å²) in [6.45, 7) is -0.131. The minimum absolute atomic E-state index is 0.00833. The van der Waals surface area contributed by atoms with Crippen LogP contribution in [0, 0.1) is 0 Å². The van der Waals surface area contributed by atoms with E-state index in [0.29, 0.717) is 26.3 Å². The monoisotopic (exact) mass is 467 g/mol. The van der Waals surface area contributed by atoms with Crippen LogP contribution in [0.4, 0.5) is 4.79 Å². The van der Waals surface area contributed by atoms with E-state index in [1.54, 1.807) is 30.3 Å². The molecule has 0 unspecified atom stereocenters. The zero-order valence-corrected chi connectivity index (χ0v) is 18.1. The number of carbonyl (C=O) groups is 1. The quantitative estimate of drug-likeness (QED) is 0.375. The average molecular weight is 468 g/mol. The SMILES string of the molecule is COc1ccc(-c2c(-c3ccc(S(N)(=O)=O)cc3)csc2CN(O)C(N)=O)cc1Cl. The van der Waals surface area contributed by atoms with E-state index in [4.69, 9.17) is 27.2 Å². The van der Waals surface area contributed by atoms with Crippen LogP contribution in [0.3, 0.4) is 0 Å². The number of methoxy groups -OCH3 is 1. The van der Waals surface area contributed by atoms with Crippen molar-refractivity contribution in [3.63, 3.8) is 0 Å². The Hall–Kier alpha value is -2.63. The summed E-state index contributed by atoms with van der Waals surface area (Å²) in [5.41, 5.74) is 8.06. The largest absolute Gasteiger partial charge is 0.495 e. The minimum atomic E-state index is -3.82. The summed E-state index contributed by atoms with van der Waals surface area (Å²) < 4.78 is 28.3. The molecule has 0 saturated carbocycles. The first kappa shape index (κ1) is 22.1. The number of nitrogens with two attached hydrogens (primary N) is 2. The number of hydrogen-bond donors (Lipinski definition) is 3. The Labute approximate surface area is 182 Å². The fraction of sp³-hybridized carbons (Fsp3) is 0.105. The van der Waals surface area contributed by atoms with E-state index < -0.39 is 16.1 Å². The first-order valence-corrected chi connectivity index (χ1v) is 11.3. The molecule has 8 nitrogen and oxygen atoms in total. The molecular weight excluding hydrogens is 450 g/mol. The van der Waals surface area contributed by atoms with Gasteiger partial charge in [-0.15, -0.1) is 11.3 Å². The molecule has 0 bridgehead atoms. The molecule has 30 heavy (non-hydrogen) atoms. The van der Waals surface area contributed by atoms with Crippen molar-refractivity contribution in [1.29, 1.82) is 0 Å². The molecule has 1 aromatic heterocycles. The highest BCUT2D eigenvalue weighted by molar-refractivity contribution is 7.89. The van der Waals surface area contributed by atoms with Gasteiger partial charge in [-0.2, -0.15) is 0 Å². The predicted molar refractivity (Wildman–Crippen MR) is 115 cm³/mol. The third-order valence-corrected chi connectivity index (χ3v) is 6.55. The number of hydrogen-bond acceptors (Lipinski definition) is 6. The lowest BCUT2D eigenvalue weighted by atomic mass is 9.96. The first-order chi connectivity index (χ1) is 14.1. The fourth-order valence-corrected chi connectivity index (χ4v) is 4.73. The van der Waals surface area contributed by atoms with Crippen LogP contribution in [-0.2, 0) is 16.6 Å². The van der Waals surface area contributed by atoms with Crippen molar-refractivity contribution in [3.8, 4) is 28.0 Å². The third-order valence-electron chi connectivity index (χ3n) is 4.35. The number of amides is 2. The van der Waals surface area contributed by atoms with Gasteiger partial charge in [0, 0.05) is 16.0 Å². The smallest absolute Gasteiger partial charge is 0.338 e. The van der Waals surface area contributed by atoms with E-state index >= 15 is 0 Å². The van der Waals surface area contributed by atoms with E-state index in [9.17, 15) is 18.4 Å². The molecule has 5 N–H and O–H groups in total. The van der Waals surface area contributed by atoms with Gasteiger partial charge in [0.25, 0.3) is 0 Å². The number of primary amides is 1. The molecule has 0 aliphatic rings. The number of urea groups is 1. The van der Waals surface area contributed by atoms with Gasteiger partial charge in [-0.1, -0.05) is 29.8 Å². The second-order valence-corrected chi connectivity index (χ2v) is 9.19. The highest BCUT2D eigenvalue weighted by atomic mass is 35.5. The number of rotatable bonds is 6. The predicted octanol–water partition coefficient (Wildman–Crippen LogP) is 3.66. The summed E-state index contributed by atoms with van der Waals surface area (Å²) in [6.07, 6.45) is 0. The molecule has 0 atom stereocenters. The maximum absolute atomic E-state index is 11.5. The molecule has 3 rings (SSSR count). The van der Waals surface area contributed by atoms with E-state index in [1.807, 2.05) is 5.38 Å². The molecule has 0 radical (unpaired) electrons. The first-order valence-electron chi connectivity index (χ1n) is 8.45. The third kappa shape index (κ3) is 4.58. The van der Waals surface area contributed by atoms with E-state index in [0.717, 1.165) is 16.7 Å². The molecule has 2 aromatic carbocycles. The Bertz CT molecular complexity index is 1190. The number of primary sulfonamides is 1. The van der Waals surface area contributed by atoms with Gasteiger partial charge in [0.05, 0.1) is 23.6 Å². The lowest BCUT2D eigenvalue weighted by Gasteiger charge is -2.14. The van der Waals surface area contributed by atoms with Crippen LogP contribution in [0.25, 0.3) is 22.3 Å². The van der Waals surface area contributed by atoms with Crippen molar-refractivity contribution in [3.05, 3.63) is 57.7 Å². The van der Waals surface area contributed by atoms with Gasteiger partial charge in [-0.05, 0) is 40.8 Å². The van der Waals surface area contributed by atoms with Gasteiger partial charge >= 0.3 is 6.03 Å². The Kier molecular flexibility index (Phi) is 6.34. The van der Waals surface area contributed by atoms with Gasteiger partial charge in [0.1, 0.15) is 5.75 Å². The molecule has 0 spiro atoms. The van der Waals surface area contributed by atoms with Gasteiger partial charge in [-0.3, -0.25) is 5.21 Å². The van der Waals surface area contributed by atoms with Crippen LogP contribution >= 0.6 is 22.9 Å². The minimum Gasteiger partial charge on any atom is -0.495 e. The maximum Gasteiger partial charge on any atom is 0.338 e.